The molecule has 0 heterocycles. The van der Waals surface area contributed by atoms with Crippen LogP contribution in [-0.2, 0) is 16.0 Å². The van der Waals surface area contributed by atoms with Crippen LogP contribution >= 0.6 is 0 Å². The highest BCUT2D eigenvalue weighted by molar-refractivity contribution is 5.73. The molecule has 1 radical (unpaired) electrons. The molecule has 0 aliphatic heterocycles. The van der Waals surface area contributed by atoms with E-state index in [9.17, 15) is 9.59 Å². The third-order valence-corrected chi connectivity index (χ3v) is 2.44. The van der Waals surface area contributed by atoms with Gasteiger partial charge >= 0.3 is 6.09 Å². The summed E-state index contributed by atoms with van der Waals surface area (Å²) in [5, 5.41) is 2.49. The van der Waals surface area contributed by atoms with Gasteiger partial charge in [-0.15, -0.1) is 0 Å². The Bertz CT molecular complexity index is 365. The summed E-state index contributed by atoms with van der Waals surface area (Å²) in [7, 11) is 0. The molecule has 0 aliphatic rings. The highest BCUT2D eigenvalue weighted by Crippen LogP contribution is 2.04. The Morgan fingerprint density at radius 2 is 2.11 bits per heavy atom. The maximum Gasteiger partial charge on any atom is 0.407 e. The van der Waals surface area contributed by atoms with Gasteiger partial charge in [0.15, 0.2) is 0 Å². The van der Waals surface area contributed by atoms with Crippen LogP contribution in [0.3, 0.4) is 0 Å². The molecule has 0 aromatic heterocycles. The molecule has 4 heteroatoms. The molecule has 0 fully saturated rings. The Hall–Kier alpha value is -1.84. The third-order valence-electron chi connectivity index (χ3n) is 2.44. The molecule has 0 saturated heterocycles. The molecule has 1 amide bonds. The molecule has 1 atom stereocenters. The molecule has 1 aromatic rings. The van der Waals surface area contributed by atoms with Gasteiger partial charge in [-0.2, -0.15) is 0 Å². The Morgan fingerprint density at radius 3 is 2.72 bits per heavy atom. The van der Waals surface area contributed by atoms with Gasteiger partial charge < -0.3 is 10.1 Å². The van der Waals surface area contributed by atoms with E-state index in [1.807, 2.05) is 43.5 Å². The van der Waals surface area contributed by atoms with Crippen LogP contribution in [0.4, 0.5) is 4.79 Å². The highest BCUT2D eigenvalue weighted by atomic mass is 16.5. The highest BCUT2D eigenvalue weighted by Gasteiger charge is 2.12. The van der Waals surface area contributed by atoms with E-state index in [0.717, 1.165) is 18.4 Å². The predicted molar refractivity (Wildman–Crippen MR) is 69.0 cm³/mol. The zero-order chi connectivity index (χ0) is 13.2. The second-order valence-electron chi connectivity index (χ2n) is 3.97. The maximum atomic E-state index is 11.3. The minimum Gasteiger partial charge on any atom is -0.450 e. The molecule has 97 valence electrons. The van der Waals surface area contributed by atoms with Gasteiger partial charge in [0.1, 0.15) is 0 Å². The van der Waals surface area contributed by atoms with E-state index < -0.39 is 12.1 Å². The van der Waals surface area contributed by atoms with Gasteiger partial charge in [0.25, 0.3) is 0 Å². The number of ether oxygens (including phenoxy) is 1. The summed E-state index contributed by atoms with van der Waals surface area (Å²) in [5.74, 6) is 0. The topological polar surface area (TPSA) is 55.4 Å². The van der Waals surface area contributed by atoms with Crippen molar-refractivity contribution in [2.75, 3.05) is 6.61 Å². The quantitative estimate of drug-likeness (QED) is 0.805. The lowest BCUT2D eigenvalue weighted by Crippen LogP contribution is -2.36. The Kier molecular flexibility index (Phi) is 6.54. The number of rotatable bonds is 7. The Balaban J connectivity index is 2.33. The van der Waals surface area contributed by atoms with Crippen LogP contribution < -0.4 is 5.32 Å². The average Bonchev–Trinajstić information content (AvgIpc) is 2.42. The summed E-state index contributed by atoms with van der Waals surface area (Å²) in [6.45, 7) is 2.27. The van der Waals surface area contributed by atoms with E-state index in [1.165, 1.54) is 0 Å². The predicted octanol–water partition coefficient (Wildman–Crippen LogP) is 2.23. The molecule has 1 aromatic carbocycles. The van der Waals surface area contributed by atoms with Crippen molar-refractivity contribution in [3.05, 3.63) is 35.9 Å². The number of carbonyl (C=O) groups excluding carboxylic acids is 2. The van der Waals surface area contributed by atoms with Crippen molar-refractivity contribution in [3.63, 3.8) is 0 Å². The second kappa shape index (κ2) is 8.28. The number of benzene rings is 1. The molecule has 1 unspecified atom stereocenters. The molecule has 0 bridgehead atoms. The van der Waals surface area contributed by atoms with E-state index in [-0.39, 0.29) is 0 Å². The van der Waals surface area contributed by atoms with Crippen LogP contribution in [0.1, 0.15) is 25.3 Å². The van der Waals surface area contributed by atoms with Gasteiger partial charge in [0, 0.05) is 0 Å². The first-order valence-corrected chi connectivity index (χ1v) is 6.11. The van der Waals surface area contributed by atoms with E-state index >= 15 is 0 Å². The molecule has 0 saturated carbocycles. The molecular formula is C14H18NO3. The Labute approximate surface area is 107 Å². The Morgan fingerprint density at radius 1 is 1.39 bits per heavy atom. The lowest BCUT2D eigenvalue weighted by atomic mass is 10.1. The van der Waals surface area contributed by atoms with Gasteiger partial charge in [-0.1, -0.05) is 37.3 Å². The summed E-state index contributed by atoms with van der Waals surface area (Å²) in [4.78, 5) is 22.0. The molecular weight excluding hydrogens is 230 g/mol. The van der Waals surface area contributed by atoms with E-state index in [4.69, 9.17) is 4.74 Å². The average molecular weight is 248 g/mol. The summed E-state index contributed by atoms with van der Waals surface area (Å²) in [6.07, 6.45) is 3.26. The largest absolute Gasteiger partial charge is 0.450 e. The van der Waals surface area contributed by atoms with Crippen molar-refractivity contribution in [2.45, 2.75) is 32.2 Å². The molecule has 18 heavy (non-hydrogen) atoms. The fraction of sp³-hybridized carbons (Fsp3) is 0.429. The number of carbonyl (C=O) groups is 1. The second-order valence-corrected chi connectivity index (χ2v) is 3.97. The number of nitrogens with one attached hydrogen (secondary N) is 1. The van der Waals surface area contributed by atoms with Crippen molar-refractivity contribution in [2.24, 2.45) is 0 Å². The summed E-state index contributed by atoms with van der Waals surface area (Å²) in [6, 6.07) is 9.17. The number of alkyl carbamates (subject to hydrolysis) is 1. The minimum atomic E-state index is -0.616. The number of hydrogen-bond acceptors (Lipinski definition) is 3. The fourth-order valence-electron chi connectivity index (χ4n) is 1.49. The van der Waals surface area contributed by atoms with Gasteiger partial charge in [-0.3, -0.25) is 4.79 Å². The van der Waals surface area contributed by atoms with Gasteiger partial charge in [-0.05, 0) is 24.8 Å². The van der Waals surface area contributed by atoms with Crippen molar-refractivity contribution in [1.82, 2.24) is 5.32 Å². The summed E-state index contributed by atoms with van der Waals surface area (Å²) in [5.41, 5.74) is 1.13. The molecule has 1 rings (SSSR count). The number of hydrogen-bond donors (Lipinski definition) is 1. The maximum absolute atomic E-state index is 11.3. The van der Waals surface area contributed by atoms with Crippen molar-refractivity contribution in [1.29, 1.82) is 0 Å². The lowest BCUT2D eigenvalue weighted by Gasteiger charge is -2.12. The first-order valence-electron chi connectivity index (χ1n) is 6.11. The van der Waals surface area contributed by atoms with E-state index in [2.05, 4.69) is 5.32 Å². The van der Waals surface area contributed by atoms with Crippen molar-refractivity contribution in [3.8, 4) is 0 Å². The first kappa shape index (κ1) is 14.2. The molecule has 0 spiro atoms. The SMILES string of the molecule is CCCOC(=O)NC([C]=O)CCc1ccccc1. The summed E-state index contributed by atoms with van der Waals surface area (Å²) < 4.78 is 4.85. The third kappa shape index (κ3) is 5.48. The molecule has 0 aliphatic carbocycles. The van der Waals surface area contributed by atoms with E-state index in [0.29, 0.717) is 13.0 Å². The van der Waals surface area contributed by atoms with Crippen LogP contribution in [-0.4, -0.2) is 25.0 Å². The van der Waals surface area contributed by atoms with Gasteiger partial charge in [0.05, 0.1) is 12.6 Å². The summed E-state index contributed by atoms with van der Waals surface area (Å²) >= 11 is 0. The van der Waals surface area contributed by atoms with E-state index in [1.54, 1.807) is 0 Å². The lowest BCUT2D eigenvalue weighted by molar-refractivity contribution is 0.144. The van der Waals surface area contributed by atoms with Crippen LogP contribution in [0.2, 0.25) is 0 Å². The van der Waals surface area contributed by atoms with Crippen LogP contribution in [0, 0.1) is 0 Å². The van der Waals surface area contributed by atoms with Crippen molar-refractivity contribution >= 4 is 12.4 Å². The zero-order valence-corrected chi connectivity index (χ0v) is 10.5. The first-order chi connectivity index (χ1) is 8.76. The normalized spacial score (nSPS) is 11.6. The molecule has 4 nitrogen and oxygen atoms in total. The van der Waals surface area contributed by atoms with Crippen LogP contribution in [0.25, 0.3) is 0 Å². The van der Waals surface area contributed by atoms with Gasteiger partial charge in [-0.25, -0.2) is 4.79 Å². The number of aryl methyl sites for hydroxylation is 1. The van der Waals surface area contributed by atoms with Crippen LogP contribution in [0.5, 0.6) is 0 Å². The standard InChI is InChI=1S/C14H18NO3/c1-2-10-18-14(17)15-13(11-16)9-8-12-6-4-3-5-7-12/h3-7,13H,2,8-10H2,1H3,(H,15,17). The fourth-order valence-corrected chi connectivity index (χ4v) is 1.49. The number of amides is 1. The monoisotopic (exact) mass is 248 g/mol. The van der Waals surface area contributed by atoms with Crippen molar-refractivity contribution < 1.29 is 14.3 Å². The van der Waals surface area contributed by atoms with Gasteiger partial charge in [0.2, 0.25) is 6.29 Å². The van der Waals surface area contributed by atoms with Crippen LogP contribution in [0.15, 0.2) is 30.3 Å². The minimum absolute atomic E-state index is 0.357. The zero-order valence-electron chi connectivity index (χ0n) is 10.5. The molecule has 1 N–H and O–H groups in total. The smallest absolute Gasteiger partial charge is 0.407 e.